The zero-order valence-corrected chi connectivity index (χ0v) is 15.1. The molecule has 0 unspecified atom stereocenters. The van der Waals surface area contributed by atoms with Crippen LogP contribution in [0, 0.1) is 5.92 Å². The van der Waals surface area contributed by atoms with Crippen molar-refractivity contribution in [3.63, 3.8) is 0 Å². The Bertz CT molecular complexity index is 772. The van der Waals surface area contributed by atoms with Crippen molar-refractivity contribution in [2.75, 3.05) is 18.4 Å². The quantitative estimate of drug-likeness (QED) is 0.857. The van der Waals surface area contributed by atoms with Gasteiger partial charge >= 0.3 is 0 Å². The molecule has 3 rings (SSSR count). The lowest BCUT2D eigenvalue weighted by atomic mass is 9.95. The number of nitrogens with one attached hydrogen (secondary N) is 1. The number of benzene rings is 2. The summed E-state index contributed by atoms with van der Waals surface area (Å²) in [6.07, 6.45) is 1.26. The number of carbonyl (C=O) groups is 2. The molecule has 130 valence electrons. The number of hydrogen-bond donors (Lipinski definition) is 1. The minimum Gasteiger partial charge on any atom is -0.339 e. The van der Waals surface area contributed by atoms with Crippen LogP contribution in [-0.2, 0) is 4.79 Å². The highest BCUT2D eigenvalue weighted by Gasteiger charge is 2.28. The van der Waals surface area contributed by atoms with E-state index >= 15 is 0 Å². The van der Waals surface area contributed by atoms with E-state index in [0.29, 0.717) is 47.2 Å². The standard InChI is InChI=1S/C19H18Cl2N2O2/c20-15-7-4-8-16(17(15)21)22-18(24)13-9-11-23(12-10-13)19(25)14-5-2-1-3-6-14/h1-8,13H,9-12H2,(H,22,24). The topological polar surface area (TPSA) is 49.4 Å². The summed E-state index contributed by atoms with van der Waals surface area (Å²) in [5.74, 6) is -0.219. The number of rotatable bonds is 3. The molecule has 0 spiro atoms. The number of likely N-dealkylation sites (tertiary alicyclic amines) is 1. The number of nitrogens with zero attached hydrogens (tertiary/aromatic N) is 1. The van der Waals surface area contributed by atoms with Gasteiger partial charge in [-0.3, -0.25) is 9.59 Å². The Kier molecular flexibility index (Phi) is 5.61. The maximum absolute atomic E-state index is 12.5. The van der Waals surface area contributed by atoms with Gasteiger partial charge in [-0.1, -0.05) is 47.5 Å². The predicted octanol–water partition coefficient (Wildman–Crippen LogP) is 4.48. The van der Waals surface area contributed by atoms with Gasteiger partial charge in [0.05, 0.1) is 15.7 Å². The lowest BCUT2D eigenvalue weighted by molar-refractivity contribution is -0.121. The zero-order valence-electron chi connectivity index (χ0n) is 13.5. The molecule has 1 aliphatic heterocycles. The molecule has 1 aliphatic rings. The van der Waals surface area contributed by atoms with Gasteiger partial charge in [0.25, 0.3) is 5.91 Å². The Morgan fingerprint density at radius 3 is 2.32 bits per heavy atom. The van der Waals surface area contributed by atoms with Gasteiger partial charge in [0.2, 0.25) is 5.91 Å². The molecule has 25 heavy (non-hydrogen) atoms. The highest BCUT2D eigenvalue weighted by Crippen LogP contribution is 2.30. The molecular formula is C19H18Cl2N2O2. The third kappa shape index (κ3) is 4.14. The fourth-order valence-electron chi connectivity index (χ4n) is 2.94. The van der Waals surface area contributed by atoms with E-state index in [0.717, 1.165) is 0 Å². The summed E-state index contributed by atoms with van der Waals surface area (Å²) in [4.78, 5) is 26.7. The first-order valence-electron chi connectivity index (χ1n) is 8.15. The fourth-order valence-corrected chi connectivity index (χ4v) is 3.29. The van der Waals surface area contributed by atoms with Gasteiger partial charge in [0.15, 0.2) is 0 Å². The first kappa shape index (κ1) is 17.8. The van der Waals surface area contributed by atoms with E-state index in [2.05, 4.69) is 5.32 Å². The van der Waals surface area contributed by atoms with E-state index in [1.807, 2.05) is 30.3 Å². The van der Waals surface area contributed by atoms with Crippen LogP contribution in [-0.4, -0.2) is 29.8 Å². The number of halogens is 2. The summed E-state index contributed by atoms with van der Waals surface area (Å²) in [5, 5.41) is 3.58. The molecule has 0 bridgehead atoms. The van der Waals surface area contributed by atoms with E-state index in [1.165, 1.54) is 0 Å². The normalized spacial score (nSPS) is 15.0. The van der Waals surface area contributed by atoms with Gasteiger partial charge in [0, 0.05) is 24.6 Å². The summed E-state index contributed by atoms with van der Waals surface area (Å²) in [7, 11) is 0. The molecule has 2 aromatic carbocycles. The van der Waals surface area contributed by atoms with E-state index < -0.39 is 0 Å². The van der Waals surface area contributed by atoms with Crippen molar-refractivity contribution in [3.05, 3.63) is 64.1 Å². The predicted molar refractivity (Wildman–Crippen MR) is 100 cm³/mol. The number of piperidine rings is 1. The molecule has 2 aromatic rings. The molecule has 0 radical (unpaired) electrons. The second-order valence-corrected chi connectivity index (χ2v) is 6.81. The van der Waals surface area contributed by atoms with E-state index in [9.17, 15) is 9.59 Å². The molecule has 6 heteroatoms. The van der Waals surface area contributed by atoms with E-state index in [4.69, 9.17) is 23.2 Å². The Labute approximate surface area is 156 Å². The second-order valence-electron chi connectivity index (χ2n) is 6.02. The van der Waals surface area contributed by atoms with Gasteiger partial charge in [-0.2, -0.15) is 0 Å². The van der Waals surface area contributed by atoms with Crippen LogP contribution < -0.4 is 5.32 Å². The van der Waals surface area contributed by atoms with Gasteiger partial charge in [0.1, 0.15) is 0 Å². The molecule has 0 atom stereocenters. The highest BCUT2D eigenvalue weighted by molar-refractivity contribution is 6.44. The van der Waals surface area contributed by atoms with Gasteiger partial charge in [-0.25, -0.2) is 0 Å². The molecule has 4 nitrogen and oxygen atoms in total. The van der Waals surface area contributed by atoms with Crippen molar-refractivity contribution in [3.8, 4) is 0 Å². The SMILES string of the molecule is O=C(Nc1cccc(Cl)c1Cl)C1CCN(C(=O)c2ccccc2)CC1. The van der Waals surface area contributed by atoms with Crippen LogP contribution in [0.4, 0.5) is 5.69 Å². The lowest BCUT2D eigenvalue weighted by Gasteiger charge is -2.31. The van der Waals surface area contributed by atoms with Crippen molar-refractivity contribution in [2.24, 2.45) is 5.92 Å². The Morgan fingerprint density at radius 1 is 0.960 bits per heavy atom. The van der Waals surface area contributed by atoms with Crippen LogP contribution in [0.5, 0.6) is 0 Å². The molecule has 1 heterocycles. The van der Waals surface area contributed by atoms with Gasteiger partial charge in [-0.05, 0) is 37.1 Å². The van der Waals surface area contributed by atoms with Crippen molar-refractivity contribution in [1.29, 1.82) is 0 Å². The monoisotopic (exact) mass is 376 g/mol. The Hall–Kier alpha value is -2.04. The third-order valence-corrected chi connectivity index (χ3v) is 5.20. The Morgan fingerprint density at radius 2 is 1.64 bits per heavy atom. The van der Waals surface area contributed by atoms with Crippen LogP contribution in [0.25, 0.3) is 0 Å². The summed E-state index contributed by atoms with van der Waals surface area (Å²) in [6.45, 7) is 1.13. The highest BCUT2D eigenvalue weighted by atomic mass is 35.5. The van der Waals surface area contributed by atoms with Gasteiger partial charge < -0.3 is 10.2 Å². The summed E-state index contributed by atoms with van der Waals surface area (Å²) >= 11 is 12.1. The number of hydrogen-bond acceptors (Lipinski definition) is 2. The van der Waals surface area contributed by atoms with Crippen molar-refractivity contribution >= 4 is 40.7 Å². The van der Waals surface area contributed by atoms with E-state index in [-0.39, 0.29) is 17.7 Å². The number of amides is 2. The average Bonchev–Trinajstić information content (AvgIpc) is 2.65. The molecule has 0 aromatic heterocycles. The average molecular weight is 377 g/mol. The smallest absolute Gasteiger partial charge is 0.253 e. The molecule has 0 aliphatic carbocycles. The minimum absolute atomic E-state index is 0.0114. The fraction of sp³-hybridized carbons (Fsp3) is 0.263. The molecule has 0 saturated carbocycles. The minimum atomic E-state index is -0.144. The number of carbonyl (C=O) groups excluding carboxylic acids is 2. The summed E-state index contributed by atoms with van der Waals surface area (Å²) < 4.78 is 0. The third-order valence-electron chi connectivity index (χ3n) is 4.38. The van der Waals surface area contributed by atoms with Crippen LogP contribution in [0.2, 0.25) is 10.0 Å². The van der Waals surface area contributed by atoms with Crippen LogP contribution in [0.3, 0.4) is 0 Å². The maximum atomic E-state index is 12.5. The molecule has 1 saturated heterocycles. The van der Waals surface area contributed by atoms with Crippen molar-refractivity contribution in [1.82, 2.24) is 4.90 Å². The van der Waals surface area contributed by atoms with E-state index in [1.54, 1.807) is 23.1 Å². The summed E-state index contributed by atoms with van der Waals surface area (Å²) in [5.41, 5.74) is 1.19. The van der Waals surface area contributed by atoms with Crippen LogP contribution >= 0.6 is 23.2 Å². The molecule has 1 N–H and O–H groups in total. The van der Waals surface area contributed by atoms with Gasteiger partial charge in [-0.15, -0.1) is 0 Å². The number of anilines is 1. The Balaban J connectivity index is 1.58. The van der Waals surface area contributed by atoms with Crippen molar-refractivity contribution < 1.29 is 9.59 Å². The van der Waals surface area contributed by atoms with Crippen molar-refractivity contribution in [2.45, 2.75) is 12.8 Å². The molecular weight excluding hydrogens is 359 g/mol. The van der Waals surface area contributed by atoms with Crippen LogP contribution in [0.15, 0.2) is 48.5 Å². The summed E-state index contributed by atoms with van der Waals surface area (Å²) in [6, 6.07) is 14.3. The van der Waals surface area contributed by atoms with Crippen LogP contribution in [0.1, 0.15) is 23.2 Å². The lowest BCUT2D eigenvalue weighted by Crippen LogP contribution is -2.41. The first-order chi connectivity index (χ1) is 12.1. The second kappa shape index (κ2) is 7.89. The molecule has 1 fully saturated rings. The maximum Gasteiger partial charge on any atom is 0.253 e. The largest absolute Gasteiger partial charge is 0.339 e. The first-order valence-corrected chi connectivity index (χ1v) is 8.91. The zero-order chi connectivity index (χ0) is 17.8. The molecule has 2 amide bonds.